The lowest BCUT2D eigenvalue weighted by Crippen LogP contribution is -2.30. The zero-order valence-corrected chi connectivity index (χ0v) is 17.7. The summed E-state index contributed by atoms with van der Waals surface area (Å²) in [5.74, 6) is -0.252. The summed E-state index contributed by atoms with van der Waals surface area (Å²) in [6, 6.07) is 21.4. The summed E-state index contributed by atoms with van der Waals surface area (Å²) in [4.78, 5) is 31.2. The highest BCUT2D eigenvalue weighted by molar-refractivity contribution is 7.98. The lowest BCUT2D eigenvalue weighted by molar-refractivity contribution is -0.384. The van der Waals surface area contributed by atoms with Crippen LogP contribution in [0.15, 0.2) is 77.7 Å². The van der Waals surface area contributed by atoms with Crippen LogP contribution in [0.3, 0.4) is 0 Å². The largest absolute Gasteiger partial charge is 0.279 e. The Morgan fingerprint density at radius 3 is 2.50 bits per heavy atom. The van der Waals surface area contributed by atoms with Crippen LogP contribution in [0.5, 0.6) is 0 Å². The van der Waals surface area contributed by atoms with E-state index in [9.17, 15) is 14.9 Å². The Kier molecular flexibility index (Phi) is 5.78. The molecule has 0 radical (unpaired) electrons. The SMILES string of the molecule is CSc1ccc2nc(N(Cc3ccccc3)C(=O)c3ccc([N+](=O)[O-])cc3)sc2c1. The first-order chi connectivity index (χ1) is 14.5. The molecule has 4 rings (SSSR count). The summed E-state index contributed by atoms with van der Waals surface area (Å²) < 4.78 is 1.01. The van der Waals surface area contributed by atoms with Crippen molar-refractivity contribution in [2.75, 3.05) is 11.2 Å². The number of thiazole rings is 1. The van der Waals surface area contributed by atoms with Crippen molar-refractivity contribution in [3.8, 4) is 0 Å². The molecule has 4 aromatic rings. The molecule has 0 aliphatic heterocycles. The van der Waals surface area contributed by atoms with Gasteiger partial charge in [-0.3, -0.25) is 19.8 Å². The fourth-order valence-corrected chi connectivity index (χ4v) is 4.53. The Morgan fingerprint density at radius 2 is 1.83 bits per heavy atom. The first-order valence-corrected chi connectivity index (χ1v) is 11.1. The molecule has 0 saturated carbocycles. The summed E-state index contributed by atoms with van der Waals surface area (Å²) in [5, 5.41) is 11.5. The Hall–Kier alpha value is -3.23. The fourth-order valence-electron chi connectivity index (χ4n) is 3.01. The van der Waals surface area contributed by atoms with E-state index < -0.39 is 4.92 Å². The van der Waals surface area contributed by atoms with Crippen LogP contribution in [-0.2, 0) is 6.54 Å². The number of rotatable bonds is 6. The van der Waals surface area contributed by atoms with Crippen LogP contribution in [0.4, 0.5) is 10.8 Å². The molecule has 1 aromatic heterocycles. The second-order valence-electron chi connectivity index (χ2n) is 6.51. The summed E-state index contributed by atoms with van der Waals surface area (Å²) in [6.07, 6.45) is 2.02. The van der Waals surface area contributed by atoms with Crippen LogP contribution in [0.2, 0.25) is 0 Å². The van der Waals surface area contributed by atoms with Crippen LogP contribution in [-0.4, -0.2) is 22.1 Å². The zero-order valence-electron chi connectivity index (χ0n) is 16.0. The molecule has 0 unspecified atom stereocenters. The number of hydrogen-bond donors (Lipinski definition) is 0. The lowest BCUT2D eigenvalue weighted by Gasteiger charge is -2.20. The van der Waals surface area contributed by atoms with E-state index in [4.69, 9.17) is 0 Å². The van der Waals surface area contributed by atoms with Crippen molar-refractivity contribution in [3.05, 3.63) is 94.0 Å². The van der Waals surface area contributed by atoms with Gasteiger partial charge in [0.05, 0.1) is 21.7 Å². The highest BCUT2D eigenvalue weighted by Crippen LogP contribution is 2.33. The number of aromatic nitrogens is 1. The first kappa shape index (κ1) is 20.1. The topological polar surface area (TPSA) is 76.3 Å². The molecule has 30 heavy (non-hydrogen) atoms. The lowest BCUT2D eigenvalue weighted by atomic mass is 10.1. The Bertz CT molecular complexity index is 1210. The standard InChI is InChI=1S/C22H17N3O3S2/c1-29-18-11-12-19-20(13-18)30-22(23-19)24(14-15-5-3-2-4-6-15)21(26)16-7-9-17(10-8-16)25(27)28/h2-13H,14H2,1H3. The number of fused-ring (bicyclic) bond motifs is 1. The quantitative estimate of drug-likeness (QED) is 0.218. The molecule has 0 bridgehead atoms. The molecule has 0 aliphatic carbocycles. The van der Waals surface area contributed by atoms with Crippen molar-refractivity contribution in [2.24, 2.45) is 0 Å². The third-order valence-corrected chi connectivity index (χ3v) is 6.34. The molecule has 3 aromatic carbocycles. The smallest absolute Gasteiger partial charge is 0.269 e. The van der Waals surface area contributed by atoms with Crippen molar-refractivity contribution in [1.29, 1.82) is 0 Å². The minimum Gasteiger partial charge on any atom is -0.279 e. The molecule has 0 fully saturated rings. The van der Waals surface area contributed by atoms with E-state index in [-0.39, 0.29) is 11.6 Å². The molecule has 0 atom stereocenters. The summed E-state index contributed by atoms with van der Waals surface area (Å²) in [7, 11) is 0. The van der Waals surface area contributed by atoms with E-state index >= 15 is 0 Å². The molecule has 150 valence electrons. The molecule has 6 nitrogen and oxygen atoms in total. The van der Waals surface area contributed by atoms with Gasteiger partial charge < -0.3 is 0 Å². The van der Waals surface area contributed by atoms with Gasteiger partial charge in [0.15, 0.2) is 5.13 Å². The molecular weight excluding hydrogens is 418 g/mol. The number of nitrogens with zero attached hydrogens (tertiary/aromatic N) is 3. The van der Waals surface area contributed by atoms with Crippen LogP contribution in [0.1, 0.15) is 15.9 Å². The van der Waals surface area contributed by atoms with Gasteiger partial charge in [-0.1, -0.05) is 41.7 Å². The van der Waals surface area contributed by atoms with Gasteiger partial charge in [0.2, 0.25) is 0 Å². The van der Waals surface area contributed by atoms with Crippen LogP contribution in [0.25, 0.3) is 10.2 Å². The molecule has 1 amide bonds. The maximum atomic E-state index is 13.3. The molecular formula is C22H17N3O3S2. The van der Waals surface area contributed by atoms with E-state index in [2.05, 4.69) is 11.1 Å². The van der Waals surface area contributed by atoms with E-state index in [1.165, 1.54) is 35.6 Å². The van der Waals surface area contributed by atoms with Crippen molar-refractivity contribution in [3.63, 3.8) is 0 Å². The summed E-state index contributed by atoms with van der Waals surface area (Å²) in [5.41, 5.74) is 2.13. The van der Waals surface area contributed by atoms with Crippen molar-refractivity contribution < 1.29 is 9.72 Å². The van der Waals surface area contributed by atoms with E-state index in [0.29, 0.717) is 17.2 Å². The van der Waals surface area contributed by atoms with Crippen LogP contribution < -0.4 is 4.90 Å². The van der Waals surface area contributed by atoms with E-state index in [0.717, 1.165) is 20.7 Å². The number of benzene rings is 3. The second-order valence-corrected chi connectivity index (χ2v) is 8.40. The molecule has 1 heterocycles. The average molecular weight is 436 g/mol. The van der Waals surface area contributed by atoms with Gasteiger partial charge in [-0.25, -0.2) is 4.98 Å². The Balaban J connectivity index is 1.74. The van der Waals surface area contributed by atoms with Gasteiger partial charge in [-0.2, -0.15) is 0 Å². The van der Waals surface area contributed by atoms with E-state index in [1.807, 2.05) is 48.7 Å². The number of amides is 1. The summed E-state index contributed by atoms with van der Waals surface area (Å²) >= 11 is 3.11. The highest BCUT2D eigenvalue weighted by Gasteiger charge is 2.22. The molecule has 8 heteroatoms. The maximum Gasteiger partial charge on any atom is 0.269 e. The first-order valence-electron chi connectivity index (χ1n) is 9.10. The van der Waals surface area contributed by atoms with Crippen LogP contribution >= 0.6 is 23.1 Å². The van der Waals surface area contributed by atoms with E-state index in [1.54, 1.807) is 16.7 Å². The maximum absolute atomic E-state index is 13.3. The van der Waals surface area contributed by atoms with Crippen molar-refractivity contribution >= 4 is 50.0 Å². The number of thioether (sulfide) groups is 1. The van der Waals surface area contributed by atoms with Crippen molar-refractivity contribution in [2.45, 2.75) is 11.4 Å². The zero-order chi connectivity index (χ0) is 21.1. The Morgan fingerprint density at radius 1 is 1.10 bits per heavy atom. The number of nitro groups is 1. The predicted octanol–water partition coefficient (Wildman–Crippen LogP) is 5.77. The van der Waals surface area contributed by atoms with Gasteiger partial charge in [0, 0.05) is 22.6 Å². The monoisotopic (exact) mass is 435 g/mol. The molecule has 0 saturated heterocycles. The van der Waals surface area contributed by atoms with Crippen LogP contribution in [0, 0.1) is 10.1 Å². The minimum absolute atomic E-state index is 0.0502. The van der Waals surface area contributed by atoms with Gasteiger partial charge in [-0.05, 0) is 42.2 Å². The highest BCUT2D eigenvalue weighted by atomic mass is 32.2. The van der Waals surface area contributed by atoms with Gasteiger partial charge in [0.25, 0.3) is 11.6 Å². The number of carbonyl (C=O) groups is 1. The number of carbonyl (C=O) groups excluding carboxylic acids is 1. The van der Waals surface area contributed by atoms with Gasteiger partial charge in [-0.15, -0.1) is 11.8 Å². The Labute approximate surface area is 181 Å². The third kappa shape index (κ3) is 4.19. The molecule has 0 aliphatic rings. The second kappa shape index (κ2) is 8.64. The predicted molar refractivity (Wildman–Crippen MR) is 121 cm³/mol. The minimum atomic E-state index is -0.479. The number of nitro benzene ring substituents is 1. The average Bonchev–Trinajstić information content (AvgIpc) is 3.20. The van der Waals surface area contributed by atoms with Crippen molar-refractivity contribution in [1.82, 2.24) is 4.98 Å². The fraction of sp³-hybridized carbons (Fsp3) is 0.0909. The summed E-state index contributed by atoms with van der Waals surface area (Å²) in [6.45, 7) is 0.353. The normalized spacial score (nSPS) is 10.8. The third-order valence-electron chi connectivity index (χ3n) is 4.57. The molecule has 0 N–H and O–H groups in total. The molecule has 0 spiro atoms. The number of anilines is 1. The number of hydrogen-bond acceptors (Lipinski definition) is 6. The number of non-ortho nitro benzene ring substituents is 1. The van der Waals surface area contributed by atoms with Gasteiger partial charge in [0.1, 0.15) is 0 Å². The van der Waals surface area contributed by atoms with Gasteiger partial charge >= 0.3 is 0 Å².